The number of nitrogens with zero attached hydrogens (tertiary/aromatic N) is 1. The Labute approximate surface area is 75.5 Å². The maximum Gasteiger partial charge on any atom is 0.277 e. The summed E-state index contributed by atoms with van der Waals surface area (Å²) in [6.45, 7) is 3.23. The molecule has 0 bridgehead atoms. The van der Waals surface area contributed by atoms with Gasteiger partial charge in [-0.1, -0.05) is 0 Å². The lowest BCUT2D eigenvalue weighted by molar-refractivity contribution is -0.385. The zero-order valence-corrected chi connectivity index (χ0v) is 7.50. The van der Waals surface area contributed by atoms with Crippen LogP contribution in [0.15, 0.2) is 6.07 Å². The van der Waals surface area contributed by atoms with E-state index in [0.717, 1.165) is 0 Å². The Bertz CT molecular complexity index is 374. The van der Waals surface area contributed by atoms with Crippen molar-refractivity contribution in [3.8, 4) is 0 Å². The van der Waals surface area contributed by atoms with E-state index in [0.29, 0.717) is 16.8 Å². The Morgan fingerprint density at radius 1 is 1.38 bits per heavy atom. The second kappa shape index (κ2) is 2.93. The van der Waals surface area contributed by atoms with E-state index in [1.54, 1.807) is 13.8 Å². The van der Waals surface area contributed by atoms with Crippen LogP contribution >= 0.6 is 0 Å². The second-order valence-electron chi connectivity index (χ2n) is 2.93. The number of benzene rings is 1. The summed E-state index contributed by atoms with van der Waals surface area (Å²) in [5.41, 5.74) is 12.8. The van der Waals surface area contributed by atoms with Gasteiger partial charge in [0.2, 0.25) is 0 Å². The number of nitro benzene ring substituents is 1. The molecule has 0 aliphatic rings. The van der Waals surface area contributed by atoms with Crippen molar-refractivity contribution >= 4 is 17.1 Å². The number of hydrogen-bond donors (Lipinski definition) is 2. The first-order valence-electron chi connectivity index (χ1n) is 3.74. The highest BCUT2D eigenvalue weighted by molar-refractivity contribution is 5.74. The molecule has 0 spiro atoms. The van der Waals surface area contributed by atoms with Gasteiger partial charge in [-0.3, -0.25) is 10.1 Å². The van der Waals surface area contributed by atoms with E-state index >= 15 is 0 Å². The molecule has 0 fully saturated rings. The SMILES string of the molecule is Cc1cc(N)c(N)c(C)c1[N+](=O)[O-]. The van der Waals surface area contributed by atoms with Crippen LogP contribution in [0.2, 0.25) is 0 Å². The third-order valence-electron chi connectivity index (χ3n) is 2.00. The molecule has 13 heavy (non-hydrogen) atoms. The van der Waals surface area contributed by atoms with E-state index in [1.165, 1.54) is 6.07 Å². The van der Waals surface area contributed by atoms with Crippen LogP contribution in [0.25, 0.3) is 0 Å². The van der Waals surface area contributed by atoms with Gasteiger partial charge in [-0.2, -0.15) is 0 Å². The maximum atomic E-state index is 10.6. The average Bonchev–Trinajstić information content (AvgIpc) is 1.99. The van der Waals surface area contributed by atoms with Crippen LogP contribution in [-0.4, -0.2) is 4.92 Å². The first kappa shape index (κ1) is 9.31. The molecule has 0 heterocycles. The van der Waals surface area contributed by atoms with Crippen LogP contribution in [0, 0.1) is 24.0 Å². The number of nitrogens with two attached hydrogens (primary N) is 2. The van der Waals surface area contributed by atoms with Crippen LogP contribution < -0.4 is 11.5 Å². The Kier molecular flexibility index (Phi) is 2.10. The molecule has 70 valence electrons. The summed E-state index contributed by atoms with van der Waals surface area (Å²) in [7, 11) is 0. The molecule has 4 N–H and O–H groups in total. The minimum Gasteiger partial charge on any atom is -0.397 e. The highest BCUT2D eigenvalue weighted by Gasteiger charge is 2.18. The number of anilines is 2. The first-order chi connectivity index (χ1) is 5.95. The van der Waals surface area contributed by atoms with Gasteiger partial charge in [0, 0.05) is 5.56 Å². The van der Waals surface area contributed by atoms with E-state index in [9.17, 15) is 10.1 Å². The fourth-order valence-electron chi connectivity index (χ4n) is 1.30. The fraction of sp³-hybridized carbons (Fsp3) is 0.250. The molecule has 0 saturated heterocycles. The van der Waals surface area contributed by atoms with Crippen molar-refractivity contribution in [1.82, 2.24) is 0 Å². The van der Waals surface area contributed by atoms with Crippen molar-refractivity contribution in [3.63, 3.8) is 0 Å². The van der Waals surface area contributed by atoms with E-state index in [4.69, 9.17) is 11.5 Å². The lowest BCUT2D eigenvalue weighted by Gasteiger charge is -2.07. The summed E-state index contributed by atoms with van der Waals surface area (Å²) in [5.74, 6) is 0. The molecule has 0 aliphatic carbocycles. The number of nitro groups is 1. The van der Waals surface area contributed by atoms with Gasteiger partial charge in [0.25, 0.3) is 5.69 Å². The average molecular weight is 181 g/mol. The quantitative estimate of drug-likeness (QED) is 0.388. The lowest BCUT2D eigenvalue weighted by atomic mass is 10.1. The molecule has 0 amide bonds. The highest BCUT2D eigenvalue weighted by atomic mass is 16.6. The molecule has 0 saturated carbocycles. The summed E-state index contributed by atoms with van der Waals surface area (Å²) in [6.07, 6.45) is 0. The smallest absolute Gasteiger partial charge is 0.277 e. The number of rotatable bonds is 1. The molecule has 1 rings (SSSR count). The normalized spacial score (nSPS) is 10.0. The molecule has 1 aromatic rings. The zero-order valence-electron chi connectivity index (χ0n) is 7.50. The molecule has 0 aliphatic heterocycles. The molecular formula is C8H11N3O2. The highest BCUT2D eigenvalue weighted by Crippen LogP contribution is 2.31. The van der Waals surface area contributed by atoms with Crippen LogP contribution in [0.1, 0.15) is 11.1 Å². The predicted octanol–water partition coefficient (Wildman–Crippen LogP) is 1.38. The van der Waals surface area contributed by atoms with Gasteiger partial charge in [-0.25, -0.2) is 0 Å². The topological polar surface area (TPSA) is 95.2 Å². The molecule has 0 aromatic heterocycles. The van der Waals surface area contributed by atoms with Gasteiger partial charge in [0.1, 0.15) is 0 Å². The summed E-state index contributed by atoms with van der Waals surface area (Å²) >= 11 is 0. The van der Waals surface area contributed by atoms with Crippen LogP contribution in [0.3, 0.4) is 0 Å². The number of hydrogen-bond acceptors (Lipinski definition) is 4. The fourth-order valence-corrected chi connectivity index (χ4v) is 1.30. The van der Waals surface area contributed by atoms with Crippen molar-refractivity contribution in [2.24, 2.45) is 0 Å². The molecule has 0 unspecified atom stereocenters. The van der Waals surface area contributed by atoms with Crippen LogP contribution in [-0.2, 0) is 0 Å². The molecule has 1 aromatic carbocycles. The summed E-state index contributed by atoms with van der Waals surface area (Å²) < 4.78 is 0. The van der Waals surface area contributed by atoms with E-state index < -0.39 is 4.92 Å². The maximum absolute atomic E-state index is 10.6. The minimum absolute atomic E-state index is 0.0479. The monoisotopic (exact) mass is 181 g/mol. The van der Waals surface area contributed by atoms with Gasteiger partial charge >= 0.3 is 0 Å². The molecular weight excluding hydrogens is 170 g/mol. The molecule has 5 heteroatoms. The van der Waals surface area contributed by atoms with Gasteiger partial charge in [-0.05, 0) is 19.9 Å². The van der Waals surface area contributed by atoms with Crippen molar-refractivity contribution < 1.29 is 4.92 Å². The Balaban J connectivity index is 3.53. The number of nitrogen functional groups attached to an aromatic ring is 2. The first-order valence-corrected chi connectivity index (χ1v) is 3.74. The third kappa shape index (κ3) is 1.40. The van der Waals surface area contributed by atoms with E-state index in [2.05, 4.69) is 0 Å². The second-order valence-corrected chi connectivity index (χ2v) is 2.93. The van der Waals surface area contributed by atoms with Gasteiger partial charge in [-0.15, -0.1) is 0 Å². The Hall–Kier alpha value is -1.78. The lowest BCUT2D eigenvalue weighted by Crippen LogP contribution is -2.03. The van der Waals surface area contributed by atoms with Gasteiger partial charge in [0.05, 0.1) is 21.9 Å². The van der Waals surface area contributed by atoms with E-state index in [1.807, 2.05) is 0 Å². The van der Waals surface area contributed by atoms with Gasteiger partial charge < -0.3 is 11.5 Å². The zero-order chi connectivity index (χ0) is 10.2. The Morgan fingerprint density at radius 3 is 2.38 bits per heavy atom. The summed E-state index contributed by atoms with van der Waals surface area (Å²) in [4.78, 5) is 10.2. The molecule has 0 radical (unpaired) electrons. The van der Waals surface area contributed by atoms with Crippen molar-refractivity contribution in [3.05, 3.63) is 27.3 Å². The predicted molar refractivity (Wildman–Crippen MR) is 51.4 cm³/mol. The van der Waals surface area contributed by atoms with Crippen molar-refractivity contribution in [1.29, 1.82) is 0 Å². The van der Waals surface area contributed by atoms with E-state index in [-0.39, 0.29) is 11.4 Å². The number of aryl methyl sites for hydroxylation is 1. The van der Waals surface area contributed by atoms with Crippen molar-refractivity contribution in [2.75, 3.05) is 11.5 Å². The summed E-state index contributed by atoms with van der Waals surface area (Å²) in [5, 5.41) is 10.6. The van der Waals surface area contributed by atoms with Crippen LogP contribution in [0.4, 0.5) is 17.1 Å². The summed E-state index contributed by atoms with van der Waals surface area (Å²) in [6, 6.07) is 1.51. The Morgan fingerprint density at radius 2 is 1.92 bits per heavy atom. The largest absolute Gasteiger partial charge is 0.397 e. The van der Waals surface area contributed by atoms with Crippen molar-refractivity contribution in [2.45, 2.75) is 13.8 Å². The standard InChI is InChI=1S/C8H11N3O2/c1-4-3-6(9)7(10)5(2)8(4)11(12)13/h3H,9-10H2,1-2H3. The minimum atomic E-state index is -0.444. The third-order valence-corrected chi connectivity index (χ3v) is 2.00. The van der Waals surface area contributed by atoms with Crippen LogP contribution in [0.5, 0.6) is 0 Å². The van der Waals surface area contributed by atoms with Gasteiger partial charge in [0.15, 0.2) is 0 Å². The molecule has 0 atom stereocenters. The molecule has 5 nitrogen and oxygen atoms in total.